The van der Waals surface area contributed by atoms with Crippen molar-refractivity contribution in [1.29, 1.82) is 0 Å². The second-order valence-corrected chi connectivity index (χ2v) is 4.74. The van der Waals surface area contributed by atoms with Crippen LogP contribution in [0.4, 0.5) is 8.78 Å². The summed E-state index contributed by atoms with van der Waals surface area (Å²) in [5.74, 6) is -1.12. The van der Waals surface area contributed by atoms with Gasteiger partial charge in [-0.15, -0.1) is 0 Å². The quantitative estimate of drug-likeness (QED) is 0.928. The number of ether oxygens (including phenoxy) is 1. The Bertz CT molecular complexity index is 639. The lowest BCUT2D eigenvalue weighted by atomic mass is 9.96. The molecule has 2 aromatic carbocycles. The average Bonchev–Trinajstić information content (AvgIpc) is 2.43. The first-order valence-corrected chi connectivity index (χ1v) is 6.22. The Morgan fingerprint density at radius 3 is 2.45 bits per heavy atom. The van der Waals surface area contributed by atoms with E-state index in [-0.39, 0.29) is 11.1 Å². The van der Waals surface area contributed by atoms with Gasteiger partial charge >= 0.3 is 0 Å². The molecule has 0 fully saturated rings. The fourth-order valence-corrected chi connectivity index (χ4v) is 2.15. The third-order valence-electron chi connectivity index (χ3n) is 3.27. The Balaban J connectivity index is 2.60. The molecule has 0 aliphatic rings. The van der Waals surface area contributed by atoms with Crippen molar-refractivity contribution in [3.63, 3.8) is 0 Å². The number of aliphatic hydroxyl groups excluding tert-OH is 1. The second-order valence-electron chi connectivity index (χ2n) is 4.74. The standard InChI is InChI=1S/C16H16F2O2/c1-9-4-7-13(20-3)11(8-9)16(19)14-12(17)6-5-10(2)15(14)18/h4-8,16,19H,1-3H3. The topological polar surface area (TPSA) is 29.5 Å². The highest BCUT2D eigenvalue weighted by Crippen LogP contribution is 2.34. The Morgan fingerprint density at radius 2 is 1.80 bits per heavy atom. The van der Waals surface area contributed by atoms with Crippen molar-refractivity contribution >= 4 is 0 Å². The van der Waals surface area contributed by atoms with Crippen LogP contribution in [0.2, 0.25) is 0 Å². The maximum atomic E-state index is 14.1. The molecular formula is C16H16F2O2. The van der Waals surface area contributed by atoms with Crippen molar-refractivity contribution in [2.75, 3.05) is 7.11 Å². The van der Waals surface area contributed by atoms with Crippen LogP contribution < -0.4 is 4.74 Å². The summed E-state index contributed by atoms with van der Waals surface area (Å²) in [4.78, 5) is 0. The summed E-state index contributed by atoms with van der Waals surface area (Å²) in [6, 6.07) is 7.62. The van der Waals surface area contributed by atoms with Gasteiger partial charge in [-0.2, -0.15) is 0 Å². The lowest BCUT2D eigenvalue weighted by Crippen LogP contribution is -2.09. The first-order valence-electron chi connectivity index (χ1n) is 6.22. The smallest absolute Gasteiger partial charge is 0.135 e. The lowest BCUT2D eigenvalue weighted by Gasteiger charge is -2.18. The number of aryl methyl sites for hydroxylation is 2. The van der Waals surface area contributed by atoms with E-state index in [2.05, 4.69) is 0 Å². The molecule has 1 atom stereocenters. The van der Waals surface area contributed by atoms with Gasteiger partial charge in [0.1, 0.15) is 23.5 Å². The zero-order chi connectivity index (χ0) is 14.9. The molecule has 1 unspecified atom stereocenters. The molecule has 4 heteroatoms. The monoisotopic (exact) mass is 278 g/mol. The minimum atomic E-state index is -1.41. The number of rotatable bonds is 3. The highest BCUT2D eigenvalue weighted by atomic mass is 19.1. The molecule has 0 radical (unpaired) electrons. The third kappa shape index (κ3) is 2.51. The molecule has 1 N–H and O–H groups in total. The van der Waals surface area contributed by atoms with Gasteiger partial charge in [0, 0.05) is 5.56 Å². The molecule has 20 heavy (non-hydrogen) atoms. The van der Waals surface area contributed by atoms with E-state index >= 15 is 0 Å². The largest absolute Gasteiger partial charge is 0.496 e. The predicted molar refractivity (Wildman–Crippen MR) is 72.9 cm³/mol. The molecule has 0 saturated heterocycles. The van der Waals surface area contributed by atoms with Crippen molar-refractivity contribution in [3.05, 3.63) is 64.2 Å². The van der Waals surface area contributed by atoms with Gasteiger partial charge in [-0.25, -0.2) is 8.78 Å². The number of methoxy groups -OCH3 is 1. The van der Waals surface area contributed by atoms with Crippen LogP contribution in [0.3, 0.4) is 0 Å². The predicted octanol–water partition coefficient (Wildman–Crippen LogP) is 3.67. The average molecular weight is 278 g/mol. The fourth-order valence-electron chi connectivity index (χ4n) is 2.15. The van der Waals surface area contributed by atoms with Crippen molar-refractivity contribution in [2.45, 2.75) is 20.0 Å². The SMILES string of the molecule is COc1ccc(C)cc1C(O)c1c(F)ccc(C)c1F. The van der Waals surface area contributed by atoms with E-state index in [4.69, 9.17) is 4.74 Å². The van der Waals surface area contributed by atoms with Gasteiger partial charge in [0.05, 0.1) is 12.7 Å². The van der Waals surface area contributed by atoms with Gasteiger partial charge in [-0.3, -0.25) is 0 Å². The summed E-state index contributed by atoms with van der Waals surface area (Å²) in [7, 11) is 1.45. The highest BCUT2D eigenvalue weighted by molar-refractivity contribution is 5.44. The maximum absolute atomic E-state index is 14.1. The number of benzene rings is 2. The summed E-state index contributed by atoms with van der Waals surface area (Å²) in [5.41, 5.74) is 1.14. The highest BCUT2D eigenvalue weighted by Gasteiger charge is 2.23. The molecule has 0 aliphatic heterocycles. The van der Waals surface area contributed by atoms with Crippen LogP contribution in [0.1, 0.15) is 28.4 Å². The maximum Gasteiger partial charge on any atom is 0.135 e. The molecule has 106 valence electrons. The Morgan fingerprint density at radius 1 is 1.10 bits per heavy atom. The minimum absolute atomic E-state index is 0.284. The van der Waals surface area contributed by atoms with Gasteiger partial charge in [0.15, 0.2) is 0 Å². The molecule has 0 bridgehead atoms. The van der Waals surface area contributed by atoms with Gasteiger partial charge in [0.25, 0.3) is 0 Å². The van der Waals surface area contributed by atoms with Crippen LogP contribution in [0, 0.1) is 25.5 Å². The molecule has 0 aliphatic carbocycles. The van der Waals surface area contributed by atoms with E-state index in [1.165, 1.54) is 20.1 Å². The van der Waals surface area contributed by atoms with Crippen LogP contribution in [0.15, 0.2) is 30.3 Å². The van der Waals surface area contributed by atoms with Gasteiger partial charge in [-0.05, 0) is 37.6 Å². The van der Waals surface area contributed by atoms with Gasteiger partial charge < -0.3 is 9.84 Å². The van der Waals surface area contributed by atoms with Crippen molar-refractivity contribution in [2.24, 2.45) is 0 Å². The first-order chi connectivity index (χ1) is 9.45. The number of hydrogen-bond acceptors (Lipinski definition) is 2. The van der Waals surface area contributed by atoms with Crippen LogP contribution in [-0.4, -0.2) is 12.2 Å². The molecule has 2 rings (SSSR count). The summed E-state index contributed by atoms with van der Waals surface area (Å²) < 4.78 is 33.1. The van der Waals surface area contributed by atoms with Crippen molar-refractivity contribution in [1.82, 2.24) is 0 Å². The first kappa shape index (κ1) is 14.5. The molecule has 0 aromatic heterocycles. The molecule has 2 aromatic rings. The van der Waals surface area contributed by atoms with Gasteiger partial charge in [-0.1, -0.05) is 17.7 Å². The van der Waals surface area contributed by atoms with Crippen LogP contribution >= 0.6 is 0 Å². The zero-order valence-electron chi connectivity index (χ0n) is 11.6. The Labute approximate surface area is 116 Å². The molecule has 0 saturated carbocycles. The van der Waals surface area contributed by atoms with Gasteiger partial charge in [0.2, 0.25) is 0 Å². The summed E-state index contributed by atoms with van der Waals surface area (Å²) in [6.45, 7) is 3.36. The summed E-state index contributed by atoms with van der Waals surface area (Å²) >= 11 is 0. The Hall–Kier alpha value is -1.94. The van der Waals surface area contributed by atoms with E-state index in [1.807, 2.05) is 6.92 Å². The molecule has 0 heterocycles. The summed E-state index contributed by atoms with van der Waals surface area (Å²) in [5, 5.41) is 10.4. The third-order valence-corrected chi connectivity index (χ3v) is 3.27. The zero-order valence-corrected chi connectivity index (χ0v) is 11.6. The van der Waals surface area contributed by atoms with Crippen LogP contribution in [0.25, 0.3) is 0 Å². The number of halogens is 2. The van der Waals surface area contributed by atoms with E-state index in [9.17, 15) is 13.9 Å². The summed E-state index contributed by atoms with van der Waals surface area (Å²) in [6.07, 6.45) is -1.41. The lowest BCUT2D eigenvalue weighted by molar-refractivity contribution is 0.203. The second kappa shape index (κ2) is 5.59. The van der Waals surface area contributed by atoms with E-state index < -0.39 is 17.7 Å². The van der Waals surface area contributed by atoms with Crippen LogP contribution in [-0.2, 0) is 0 Å². The molecule has 2 nitrogen and oxygen atoms in total. The Kier molecular flexibility index (Phi) is 4.04. The molecular weight excluding hydrogens is 262 g/mol. The number of hydrogen-bond donors (Lipinski definition) is 1. The van der Waals surface area contributed by atoms with E-state index in [0.717, 1.165) is 11.6 Å². The van der Waals surface area contributed by atoms with Crippen molar-refractivity contribution < 1.29 is 18.6 Å². The minimum Gasteiger partial charge on any atom is -0.496 e. The van der Waals surface area contributed by atoms with E-state index in [1.54, 1.807) is 18.2 Å². The fraction of sp³-hybridized carbons (Fsp3) is 0.250. The molecule has 0 amide bonds. The normalized spacial score (nSPS) is 12.3. The molecule has 0 spiro atoms. The van der Waals surface area contributed by atoms with Crippen LogP contribution in [0.5, 0.6) is 5.75 Å². The van der Waals surface area contributed by atoms with Crippen molar-refractivity contribution in [3.8, 4) is 5.75 Å². The van der Waals surface area contributed by atoms with E-state index in [0.29, 0.717) is 11.3 Å². The number of aliphatic hydroxyl groups is 1.